The Morgan fingerprint density at radius 3 is 2.08 bits per heavy atom. The van der Waals surface area contributed by atoms with Gasteiger partial charge in [0.2, 0.25) is 5.75 Å². The summed E-state index contributed by atoms with van der Waals surface area (Å²) in [5.41, 5.74) is 1.18. The lowest BCUT2D eigenvalue weighted by atomic mass is 10.2. The van der Waals surface area contributed by atoms with Crippen LogP contribution in [0.25, 0.3) is 0 Å². The smallest absolute Gasteiger partial charge is 0.203 e. The van der Waals surface area contributed by atoms with Crippen LogP contribution in [0.4, 0.5) is 0 Å². The monoisotopic (exact) mass is 392 g/mol. The van der Waals surface area contributed by atoms with E-state index in [0.29, 0.717) is 17.2 Å². The molecule has 0 radical (unpaired) electrons. The van der Waals surface area contributed by atoms with Gasteiger partial charge in [0.15, 0.2) is 11.5 Å². The Morgan fingerprint density at radius 2 is 1.54 bits per heavy atom. The van der Waals surface area contributed by atoms with Crippen molar-refractivity contribution in [1.82, 2.24) is 0 Å². The maximum Gasteiger partial charge on any atom is 0.203 e. The van der Waals surface area contributed by atoms with Crippen molar-refractivity contribution in [2.75, 3.05) is 27.1 Å². The first-order chi connectivity index (χ1) is 12.7. The molecule has 0 heterocycles. The Balaban J connectivity index is 2.30. The molecule has 0 aliphatic rings. The Labute approximate surface area is 165 Å². The summed E-state index contributed by atoms with van der Waals surface area (Å²) >= 11 is 3.84. The van der Waals surface area contributed by atoms with Crippen LogP contribution < -0.4 is 14.2 Å². The van der Waals surface area contributed by atoms with Crippen molar-refractivity contribution < 1.29 is 14.2 Å². The van der Waals surface area contributed by atoms with Crippen LogP contribution in [0.5, 0.6) is 17.2 Å². The van der Waals surface area contributed by atoms with Gasteiger partial charge in [-0.15, -0.1) is 23.5 Å². The molecule has 1 unspecified atom stereocenters. The molecule has 0 aliphatic carbocycles. The third kappa shape index (κ3) is 5.78. The Bertz CT molecular complexity index is 637. The van der Waals surface area contributed by atoms with Gasteiger partial charge in [0.1, 0.15) is 0 Å². The fourth-order valence-electron chi connectivity index (χ4n) is 2.60. The third-order valence-corrected chi connectivity index (χ3v) is 6.79. The molecule has 0 N–H and O–H groups in total. The highest BCUT2D eigenvalue weighted by molar-refractivity contribution is 8.16. The number of methoxy groups -OCH3 is 3. The van der Waals surface area contributed by atoms with E-state index in [1.807, 2.05) is 29.6 Å². The second kappa shape index (κ2) is 11.3. The first-order valence-corrected chi connectivity index (χ1v) is 10.8. The van der Waals surface area contributed by atoms with Crippen LogP contribution in [-0.2, 0) is 0 Å². The average Bonchev–Trinajstić information content (AvgIpc) is 2.69. The molecule has 2 aromatic rings. The van der Waals surface area contributed by atoms with E-state index in [9.17, 15) is 0 Å². The molecule has 2 rings (SSSR count). The zero-order valence-corrected chi connectivity index (χ0v) is 17.6. The first kappa shape index (κ1) is 20.8. The van der Waals surface area contributed by atoms with E-state index in [0.717, 1.165) is 5.75 Å². The normalized spacial score (nSPS) is 11.8. The zero-order valence-electron chi connectivity index (χ0n) is 16.0. The minimum atomic E-state index is 0.267. The van der Waals surface area contributed by atoms with E-state index >= 15 is 0 Å². The summed E-state index contributed by atoms with van der Waals surface area (Å²) in [6, 6.07) is 14.6. The average molecular weight is 393 g/mol. The van der Waals surface area contributed by atoms with Gasteiger partial charge in [0.25, 0.3) is 0 Å². The van der Waals surface area contributed by atoms with Crippen molar-refractivity contribution in [3.05, 3.63) is 48.0 Å². The van der Waals surface area contributed by atoms with E-state index in [1.165, 1.54) is 29.7 Å². The lowest BCUT2D eigenvalue weighted by Gasteiger charge is -2.20. The molecule has 0 bridgehead atoms. The van der Waals surface area contributed by atoms with Crippen LogP contribution in [-0.4, -0.2) is 27.1 Å². The van der Waals surface area contributed by atoms with Crippen LogP contribution in [0.2, 0.25) is 0 Å². The van der Waals surface area contributed by atoms with Crippen LogP contribution in [0.3, 0.4) is 0 Å². The maximum absolute atomic E-state index is 5.54. The molecule has 0 aliphatic heterocycles. The molecule has 142 valence electrons. The summed E-state index contributed by atoms with van der Waals surface area (Å²) in [5.74, 6) is 3.18. The molecule has 0 fully saturated rings. The van der Waals surface area contributed by atoms with Gasteiger partial charge in [0, 0.05) is 4.90 Å². The van der Waals surface area contributed by atoms with E-state index in [-0.39, 0.29) is 4.58 Å². The standard InChI is InChI=1S/C21H28O3S2/c1-5-6-10-13-25-21(26-17-11-8-7-9-12-17)16-14-18(22-2)20(24-4)19(15-16)23-3/h7-9,11-12,14-15,21H,5-6,10,13H2,1-4H3. The summed E-state index contributed by atoms with van der Waals surface area (Å²) in [4.78, 5) is 1.26. The topological polar surface area (TPSA) is 27.7 Å². The highest BCUT2D eigenvalue weighted by Crippen LogP contribution is 2.48. The van der Waals surface area contributed by atoms with Crippen molar-refractivity contribution in [2.45, 2.75) is 35.7 Å². The summed E-state index contributed by atoms with van der Waals surface area (Å²) in [6.45, 7) is 2.24. The van der Waals surface area contributed by atoms with E-state index in [1.54, 1.807) is 21.3 Å². The second-order valence-corrected chi connectivity index (χ2v) is 8.49. The fraction of sp³-hybridized carbons (Fsp3) is 0.429. The number of hydrogen-bond acceptors (Lipinski definition) is 5. The molecule has 0 spiro atoms. The number of rotatable bonds is 11. The molecule has 5 heteroatoms. The SMILES string of the molecule is CCCCCSC(Sc1ccccc1)c1cc(OC)c(OC)c(OC)c1. The van der Waals surface area contributed by atoms with E-state index in [4.69, 9.17) is 14.2 Å². The van der Waals surface area contributed by atoms with Gasteiger partial charge in [-0.25, -0.2) is 0 Å². The van der Waals surface area contributed by atoms with Crippen molar-refractivity contribution in [3.63, 3.8) is 0 Å². The predicted octanol–water partition coefficient (Wildman–Crippen LogP) is 6.43. The minimum Gasteiger partial charge on any atom is -0.493 e. The molecular formula is C21H28O3S2. The quantitative estimate of drug-likeness (QED) is 0.250. The first-order valence-electron chi connectivity index (χ1n) is 8.86. The molecule has 0 saturated carbocycles. The number of hydrogen-bond donors (Lipinski definition) is 0. The summed E-state index contributed by atoms with van der Waals surface area (Å²) in [7, 11) is 4.96. The molecule has 0 saturated heterocycles. The van der Waals surface area contributed by atoms with Crippen molar-refractivity contribution in [2.24, 2.45) is 0 Å². The zero-order chi connectivity index (χ0) is 18.8. The number of unbranched alkanes of at least 4 members (excludes halogenated alkanes) is 2. The van der Waals surface area contributed by atoms with Gasteiger partial charge in [-0.2, -0.15) is 0 Å². The van der Waals surface area contributed by atoms with E-state index in [2.05, 4.69) is 43.3 Å². The summed E-state index contributed by atoms with van der Waals surface area (Å²) in [5, 5.41) is 0. The van der Waals surface area contributed by atoms with Crippen LogP contribution in [0, 0.1) is 0 Å². The van der Waals surface area contributed by atoms with Gasteiger partial charge in [0.05, 0.1) is 25.9 Å². The number of thioether (sulfide) groups is 2. The Kier molecular flexibility index (Phi) is 9.06. The highest BCUT2D eigenvalue weighted by atomic mass is 32.2. The minimum absolute atomic E-state index is 0.267. The molecule has 2 aromatic carbocycles. The van der Waals surface area contributed by atoms with Crippen LogP contribution in [0.1, 0.15) is 36.3 Å². The highest BCUT2D eigenvalue weighted by Gasteiger charge is 2.20. The van der Waals surface area contributed by atoms with Gasteiger partial charge >= 0.3 is 0 Å². The van der Waals surface area contributed by atoms with E-state index < -0.39 is 0 Å². The van der Waals surface area contributed by atoms with Crippen molar-refractivity contribution in [1.29, 1.82) is 0 Å². The number of benzene rings is 2. The van der Waals surface area contributed by atoms with Crippen molar-refractivity contribution >= 4 is 23.5 Å². The maximum atomic E-state index is 5.54. The molecule has 0 aromatic heterocycles. The lowest BCUT2D eigenvalue weighted by molar-refractivity contribution is 0.324. The van der Waals surface area contributed by atoms with Gasteiger partial charge in [-0.05, 0) is 42.0 Å². The number of ether oxygens (including phenoxy) is 3. The summed E-state index contributed by atoms with van der Waals surface area (Å²) < 4.78 is 16.8. The summed E-state index contributed by atoms with van der Waals surface area (Å²) in [6.07, 6.45) is 3.74. The van der Waals surface area contributed by atoms with Crippen LogP contribution in [0.15, 0.2) is 47.4 Å². The second-order valence-electron chi connectivity index (χ2n) is 5.80. The Morgan fingerprint density at radius 1 is 0.885 bits per heavy atom. The third-order valence-electron chi connectivity index (χ3n) is 3.96. The molecule has 3 nitrogen and oxygen atoms in total. The molecule has 0 amide bonds. The Hall–Kier alpha value is -1.46. The largest absolute Gasteiger partial charge is 0.493 e. The van der Waals surface area contributed by atoms with Crippen LogP contribution >= 0.6 is 23.5 Å². The lowest BCUT2D eigenvalue weighted by Crippen LogP contribution is -1.99. The molecule has 1 atom stereocenters. The van der Waals surface area contributed by atoms with Gasteiger partial charge < -0.3 is 14.2 Å². The fourth-order valence-corrected chi connectivity index (χ4v) is 5.24. The molecule has 26 heavy (non-hydrogen) atoms. The van der Waals surface area contributed by atoms with Gasteiger partial charge in [-0.3, -0.25) is 0 Å². The van der Waals surface area contributed by atoms with Crippen molar-refractivity contribution in [3.8, 4) is 17.2 Å². The van der Waals surface area contributed by atoms with Gasteiger partial charge in [-0.1, -0.05) is 38.0 Å². The molecular weight excluding hydrogens is 364 g/mol. The predicted molar refractivity (Wildman–Crippen MR) is 113 cm³/mol.